The van der Waals surface area contributed by atoms with Gasteiger partial charge in [0, 0.05) is 32.0 Å². The Hall–Kier alpha value is -1.14. The van der Waals surface area contributed by atoms with Gasteiger partial charge in [0.2, 0.25) is 11.8 Å². The number of piperidine rings is 2. The first kappa shape index (κ1) is 34.0. The number of nitrogens with zero attached hydrogens (tertiary/aromatic N) is 2. The molecule has 2 aliphatic rings. The first-order valence-corrected chi connectivity index (χ1v) is 12.7. The Morgan fingerprint density at radius 1 is 0.788 bits per heavy atom. The number of amides is 2. The van der Waals surface area contributed by atoms with E-state index in [1.807, 2.05) is 0 Å². The van der Waals surface area contributed by atoms with E-state index >= 15 is 0 Å². The van der Waals surface area contributed by atoms with Crippen molar-refractivity contribution in [1.82, 2.24) is 15.1 Å². The van der Waals surface area contributed by atoms with Crippen LogP contribution in [0.3, 0.4) is 0 Å². The Bertz CT molecular complexity index is 494. The van der Waals surface area contributed by atoms with Gasteiger partial charge in [-0.25, -0.2) is 0 Å². The van der Waals surface area contributed by atoms with Crippen LogP contribution in [0.15, 0.2) is 0 Å². The number of carbonyl (C=O) groups excluding carboxylic acids is 2. The number of nitrogens with one attached hydrogen (secondary N) is 1. The Morgan fingerprint density at radius 2 is 1.15 bits per heavy atom. The fourth-order valence-electron chi connectivity index (χ4n) is 4.76. The van der Waals surface area contributed by atoms with Gasteiger partial charge in [0.1, 0.15) is 0 Å². The van der Waals surface area contributed by atoms with Crippen LogP contribution < -0.4 is 11.1 Å². The first-order valence-electron chi connectivity index (χ1n) is 12.7. The Balaban J connectivity index is 0. The van der Waals surface area contributed by atoms with E-state index in [1.54, 1.807) is 7.05 Å². The van der Waals surface area contributed by atoms with Gasteiger partial charge < -0.3 is 20.9 Å². The van der Waals surface area contributed by atoms with Crippen molar-refractivity contribution < 1.29 is 9.59 Å². The predicted octanol–water partition coefficient (Wildman–Crippen LogP) is 5.06. The van der Waals surface area contributed by atoms with Crippen LogP contribution in [-0.4, -0.2) is 66.9 Å². The number of hydrogen-bond donors (Lipinski definition) is 2. The van der Waals surface area contributed by atoms with Gasteiger partial charge in [0.05, 0.1) is 0 Å². The minimum Gasteiger partial charge on any atom is -0.370 e. The molecule has 0 bridgehead atoms. The Kier molecular flexibility index (Phi) is 19.8. The molecule has 0 saturated carbocycles. The summed E-state index contributed by atoms with van der Waals surface area (Å²) in [6.45, 7) is 14.0. The summed E-state index contributed by atoms with van der Waals surface area (Å²) < 4.78 is 0. The minimum atomic E-state index is -0.158. The van der Waals surface area contributed by atoms with Gasteiger partial charge >= 0.3 is 0 Å². The van der Waals surface area contributed by atoms with Gasteiger partial charge in [0.15, 0.2) is 0 Å². The largest absolute Gasteiger partial charge is 0.370 e. The molecule has 0 spiro atoms. The number of rotatable bonds is 10. The summed E-state index contributed by atoms with van der Waals surface area (Å²) in [7, 11) is 1.71. The van der Waals surface area contributed by atoms with Crippen LogP contribution in [0, 0.1) is 11.8 Å². The molecule has 6 heteroatoms. The average molecular weight is 471 g/mol. The van der Waals surface area contributed by atoms with Crippen LogP contribution in [-0.2, 0) is 9.59 Å². The topological polar surface area (TPSA) is 78.7 Å². The van der Waals surface area contributed by atoms with Crippen molar-refractivity contribution in [2.24, 2.45) is 17.6 Å². The third kappa shape index (κ3) is 15.4. The maximum Gasteiger partial charge on any atom is 0.219 e. The van der Waals surface area contributed by atoms with Crippen LogP contribution in [0.5, 0.6) is 0 Å². The molecule has 2 saturated heterocycles. The van der Waals surface area contributed by atoms with Crippen molar-refractivity contribution in [2.75, 3.05) is 33.2 Å². The third-order valence-corrected chi connectivity index (χ3v) is 7.09. The van der Waals surface area contributed by atoms with Gasteiger partial charge in [0.25, 0.3) is 0 Å². The SMILES string of the molecule is C.C.CC(C)N1CCC(CCCC(N)=O)CC1.CNC(=O)CCCC1CCN(C(C)C)CC1. The second-order valence-corrected chi connectivity index (χ2v) is 10.1. The molecule has 2 heterocycles. The maximum atomic E-state index is 11.1. The van der Waals surface area contributed by atoms with Crippen LogP contribution >= 0.6 is 0 Å². The maximum absolute atomic E-state index is 11.1. The van der Waals surface area contributed by atoms with E-state index in [0.717, 1.165) is 24.7 Å². The normalized spacial score (nSPS) is 18.2. The summed E-state index contributed by atoms with van der Waals surface area (Å²) in [4.78, 5) is 26.8. The summed E-state index contributed by atoms with van der Waals surface area (Å²) in [5.41, 5.74) is 5.12. The molecule has 0 radical (unpaired) electrons. The highest BCUT2D eigenvalue weighted by molar-refractivity contribution is 5.75. The highest BCUT2D eigenvalue weighted by Gasteiger charge is 2.21. The van der Waals surface area contributed by atoms with Crippen molar-refractivity contribution in [3.05, 3.63) is 0 Å². The number of likely N-dealkylation sites (tertiary alicyclic amines) is 2. The molecular weight excluding hydrogens is 412 g/mol. The predicted molar refractivity (Wildman–Crippen MR) is 143 cm³/mol. The van der Waals surface area contributed by atoms with Gasteiger partial charge in [-0.15, -0.1) is 0 Å². The van der Waals surface area contributed by atoms with Gasteiger partial charge in [-0.1, -0.05) is 14.9 Å². The van der Waals surface area contributed by atoms with Gasteiger partial charge in [-0.2, -0.15) is 0 Å². The summed E-state index contributed by atoms with van der Waals surface area (Å²) in [5, 5.41) is 2.68. The monoisotopic (exact) mass is 470 g/mol. The van der Waals surface area contributed by atoms with Crippen LogP contribution in [0.2, 0.25) is 0 Å². The standard InChI is InChI=1S/C13H26N2O.C12H24N2O.2CH4/c1-11(2)15-9-7-12(8-10-15)5-4-6-13(16)14-3;1-10(2)14-8-6-11(7-9-14)4-3-5-12(13)15;;/h11-12H,4-10H2,1-3H3,(H,14,16);10-11H,3-9H2,1-2H3,(H2,13,15);2*1H4. The molecule has 0 aromatic carbocycles. The fraction of sp³-hybridized carbons (Fsp3) is 0.926. The molecule has 2 fully saturated rings. The first-order chi connectivity index (χ1) is 14.7. The summed E-state index contributed by atoms with van der Waals surface area (Å²) in [6.07, 6.45) is 10.9. The van der Waals surface area contributed by atoms with Crippen molar-refractivity contribution >= 4 is 11.8 Å². The van der Waals surface area contributed by atoms with Crippen LogP contribution in [0.1, 0.15) is 107 Å². The highest BCUT2D eigenvalue weighted by atomic mass is 16.1. The molecule has 6 nitrogen and oxygen atoms in total. The molecule has 0 atom stereocenters. The van der Waals surface area contributed by atoms with E-state index in [9.17, 15) is 9.59 Å². The van der Waals surface area contributed by atoms with E-state index in [4.69, 9.17) is 5.73 Å². The molecule has 2 rings (SSSR count). The van der Waals surface area contributed by atoms with E-state index in [1.165, 1.54) is 64.7 Å². The van der Waals surface area contributed by atoms with Crippen molar-refractivity contribution in [3.8, 4) is 0 Å². The number of primary amides is 1. The molecule has 0 aromatic rings. The van der Waals surface area contributed by atoms with E-state index in [-0.39, 0.29) is 26.7 Å². The zero-order valence-corrected chi connectivity index (χ0v) is 21.0. The van der Waals surface area contributed by atoms with Crippen LogP contribution in [0.25, 0.3) is 0 Å². The third-order valence-electron chi connectivity index (χ3n) is 7.09. The van der Waals surface area contributed by atoms with E-state index < -0.39 is 0 Å². The van der Waals surface area contributed by atoms with Crippen molar-refractivity contribution in [2.45, 2.75) is 119 Å². The highest BCUT2D eigenvalue weighted by Crippen LogP contribution is 2.24. The lowest BCUT2D eigenvalue weighted by atomic mass is 9.91. The average Bonchev–Trinajstić information content (AvgIpc) is 2.74. The quantitative estimate of drug-likeness (QED) is 0.468. The molecule has 0 unspecified atom stereocenters. The summed E-state index contributed by atoms with van der Waals surface area (Å²) in [6, 6.07) is 1.36. The fourth-order valence-corrected chi connectivity index (χ4v) is 4.76. The number of nitrogens with two attached hydrogens (primary N) is 1. The lowest BCUT2D eigenvalue weighted by Gasteiger charge is -2.34. The molecule has 0 aliphatic carbocycles. The van der Waals surface area contributed by atoms with E-state index in [0.29, 0.717) is 24.9 Å². The number of carbonyl (C=O) groups is 2. The van der Waals surface area contributed by atoms with Crippen molar-refractivity contribution in [1.29, 1.82) is 0 Å². The van der Waals surface area contributed by atoms with Gasteiger partial charge in [-0.3, -0.25) is 9.59 Å². The lowest BCUT2D eigenvalue weighted by molar-refractivity contribution is -0.121. The molecule has 2 aliphatic heterocycles. The molecule has 2 amide bonds. The van der Waals surface area contributed by atoms with E-state index in [2.05, 4.69) is 42.8 Å². The Morgan fingerprint density at radius 3 is 1.45 bits per heavy atom. The second-order valence-electron chi connectivity index (χ2n) is 10.1. The summed E-state index contributed by atoms with van der Waals surface area (Å²) in [5.74, 6) is 1.69. The molecular formula is C27H58N4O2. The van der Waals surface area contributed by atoms with Crippen molar-refractivity contribution in [3.63, 3.8) is 0 Å². The zero-order chi connectivity index (χ0) is 23.2. The van der Waals surface area contributed by atoms with Crippen LogP contribution in [0.4, 0.5) is 0 Å². The Labute approximate surface area is 206 Å². The molecule has 198 valence electrons. The lowest BCUT2D eigenvalue weighted by Crippen LogP contribution is -2.38. The van der Waals surface area contributed by atoms with Gasteiger partial charge in [-0.05, 0) is 117 Å². The number of hydrogen-bond acceptors (Lipinski definition) is 4. The molecule has 3 N–H and O–H groups in total. The smallest absolute Gasteiger partial charge is 0.219 e. The minimum absolute atomic E-state index is 0. The zero-order valence-electron chi connectivity index (χ0n) is 21.0. The molecule has 33 heavy (non-hydrogen) atoms. The molecule has 0 aromatic heterocycles. The summed E-state index contributed by atoms with van der Waals surface area (Å²) >= 11 is 0. The second kappa shape index (κ2) is 19.2.